The summed E-state index contributed by atoms with van der Waals surface area (Å²) < 4.78 is 0. The molecule has 1 aromatic rings. The lowest BCUT2D eigenvalue weighted by Gasteiger charge is -2.23. The standard InChI is InChI=1S/C14H22N2OS/c1-11(8-13-4-7-18-10-13)16-14(17)9-12-2-5-15-6-3-12/h4,7,10-12,15H,2-3,5-6,8-9H2,1H3,(H,16,17). The molecule has 1 atom stereocenters. The van der Waals surface area contributed by atoms with Gasteiger partial charge in [-0.2, -0.15) is 11.3 Å². The third-order valence-corrected chi connectivity index (χ3v) is 4.19. The predicted molar refractivity (Wildman–Crippen MR) is 75.8 cm³/mol. The van der Waals surface area contributed by atoms with Gasteiger partial charge in [-0.1, -0.05) is 0 Å². The van der Waals surface area contributed by atoms with Gasteiger partial charge in [-0.3, -0.25) is 4.79 Å². The zero-order chi connectivity index (χ0) is 12.8. The maximum atomic E-state index is 11.9. The number of thiophene rings is 1. The minimum atomic E-state index is 0.213. The van der Waals surface area contributed by atoms with Gasteiger partial charge in [0.15, 0.2) is 0 Å². The first kappa shape index (κ1) is 13.6. The number of hydrogen-bond donors (Lipinski definition) is 2. The average molecular weight is 266 g/mol. The molecule has 1 aliphatic rings. The Morgan fingerprint density at radius 1 is 1.56 bits per heavy atom. The molecule has 1 saturated heterocycles. The van der Waals surface area contributed by atoms with Crippen LogP contribution < -0.4 is 10.6 Å². The lowest BCUT2D eigenvalue weighted by atomic mass is 9.94. The van der Waals surface area contributed by atoms with E-state index in [4.69, 9.17) is 0 Å². The Hall–Kier alpha value is -0.870. The lowest BCUT2D eigenvalue weighted by Crippen LogP contribution is -2.37. The average Bonchev–Trinajstić information content (AvgIpc) is 2.82. The number of piperidine rings is 1. The molecule has 2 rings (SSSR count). The second-order valence-electron chi connectivity index (χ2n) is 5.20. The van der Waals surface area contributed by atoms with Crippen molar-refractivity contribution < 1.29 is 4.79 Å². The Bertz CT molecular complexity index is 358. The molecule has 0 spiro atoms. The highest BCUT2D eigenvalue weighted by molar-refractivity contribution is 7.07. The van der Waals surface area contributed by atoms with Crippen LogP contribution in [0.15, 0.2) is 16.8 Å². The minimum Gasteiger partial charge on any atom is -0.353 e. The normalized spacial score (nSPS) is 18.5. The van der Waals surface area contributed by atoms with Crippen LogP contribution in [0.25, 0.3) is 0 Å². The van der Waals surface area contributed by atoms with Crippen molar-refractivity contribution in [2.75, 3.05) is 13.1 Å². The summed E-state index contributed by atoms with van der Waals surface area (Å²) >= 11 is 1.71. The summed E-state index contributed by atoms with van der Waals surface area (Å²) in [6, 6.07) is 2.36. The van der Waals surface area contributed by atoms with Gasteiger partial charge in [-0.25, -0.2) is 0 Å². The fourth-order valence-electron chi connectivity index (χ4n) is 2.50. The summed E-state index contributed by atoms with van der Waals surface area (Å²) in [6.45, 7) is 4.20. The molecule has 1 aromatic heterocycles. The van der Waals surface area contributed by atoms with Crippen LogP contribution in [0.4, 0.5) is 0 Å². The summed E-state index contributed by atoms with van der Waals surface area (Å²) in [5.41, 5.74) is 1.31. The van der Waals surface area contributed by atoms with E-state index in [2.05, 4.69) is 34.4 Å². The lowest BCUT2D eigenvalue weighted by molar-refractivity contribution is -0.122. The molecule has 2 heterocycles. The Morgan fingerprint density at radius 2 is 2.33 bits per heavy atom. The van der Waals surface area contributed by atoms with Crippen LogP contribution >= 0.6 is 11.3 Å². The molecule has 2 N–H and O–H groups in total. The van der Waals surface area contributed by atoms with E-state index in [9.17, 15) is 4.79 Å². The van der Waals surface area contributed by atoms with Gasteiger partial charge in [0.25, 0.3) is 0 Å². The predicted octanol–water partition coefficient (Wildman–Crippen LogP) is 2.18. The van der Waals surface area contributed by atoms with Gasteiger partial charge in [0.05, 0.1) is 0 Å². The molecule has 1 amide bonds. The van der Waals surface area contributed by atoms with Crippen molar-refractivity contribution in [3.63, 3.8) is 0 Å². The minimum absolute atomic E-state index is 0.213. The molecule has 1 unspecified atom stereocenters. The van der Waals surface area contributed by atoms with Crippen molar-refractivity contribution in [3.05, 3.63) is 22.4 Å². The van der Waals surface area contributed by atoms with Crippen LogP contribution in [0, 0.1) is 5.92 Å². The summed E-state index contributed by atoms with van der Waals surface area (Å²) in [6.07, 6.45) is 3.88. The monoisotopic (exact) mass is 266 g/mol. The second-order valence-corrected chi connectivity index (χ2v) is 5.98. The van der Waals surface area contributed by atoms with E-state index in [1.54, 1.807) is 11.3 Å². The molecule has 4 heteroatoms. The number of nitrogens with one attached hydrogen (secondary N) is 2. The van der Waals surface area contributed by atoms with E-state index >= 15 is 0 Å². The molecule has 3 nitrogen and oxygen atoms in total. The zero-order valence-corrected chi connectivity index (χ0v) is 11.8. The number of hydrogen-bond acceptors (Lipinski definition) is 3. The van der Waals surface area contributed by atoms with E-state index in [1.165, 1.54) is 5.56 Å². The van der Waals surface area contributed by atoms with Gasteiger partial charge in [-0.05, 0) is 67.6 Å². The first-order valence-electron chi connectivity index (χ1n) is 6.75. The molecule has 0 aliphatic carbocycles. The molecule has 1 aliphatic heterocycles. The highest BCUT2D eigenvalue weighted by Crippen LogP contribution is 2.16. The summed E-state index contributed by atoms with van der Waals surface area (Å²) in [4.78, 5) is 11.9. The first-order valence-corrected chi connectivity index (χ1v) is 7.69. The molecule has 0 aromatic carbocycles. The highest BCUT2D eigenvalue weighted by Gasteiger charge is 2.17. The van der Waals surface area contributed by atoms with E-state index in [-0.39, 0.29) is 11.9 Å². The number of carbonyl (C=O) groups is 1. The van der Waals surface area contributed by atoms with E-state index < -0.39 is 0 Å². The van der Waals surface area contributed by atoms with Crippen molar-refractivity contribution in [1.82, 2.24) is 10.6 Å². The number of carbonyl (C=O) groups excluding carboxylic acids is 1. The van der Waals surface area contributed by atoms with Crippen molar-refractivity contribution >= 4 is 17.2 Å². The van der Waals surface area contributed by atoms with Crippen LogP contribution in [0.5, 0.6) is 0 Å². The van der Waals surface area contributed by atoms with E-state index in [1.807, 2.05) is 0 Å². The summed E-state index contributed by atoms with van der Waals surface area (Å²) in [5.74, 6) is 0.782. The molecule has 0 radical (unpaired) electrons. The van der Waals surface area contributed by atoms with E-state index in [0.29, 0.717) is 12.3 Å². The molecular weight excluding hydrogens is 244 g/mol. The molecule has 18 heavy (non-hydrogen) atoms. The largest absolute Gasteiger partial charge is 0.353 e. The Balaban J connectivity index is 1.69. The number of amides is 1. The molecule has 1 fully saturated rings. The molecule has 100 valence electrons. The topological polar surface area (TPSA) is 41.1 Å². The fraction of sp³-hybridized carbons (Fsp3) is 0.643. The van der Waals surface area contributed by atoms with Crippen LogP contribution in [-0.2, 0) is 11.2 Å². The van der Waals surface area contributed by atoms with Gasteiger partial charge in [0.1, 0.15) is 0 Å². The second kappa shape index (κ2) is 6.90. The maximum Gasteiger partial charge on any atom is 0.220 e. The van der Waals surface area contributed by atoms with Crippen molar-refractivity contribution in [2.24, 2.45) is 5.92 Å². The summed E-state index contributed by atoms with van der Waals surface area (Å²) in [7, 11) is 0. The molecule has 0 bridgehead atoms. The van der Waals surface area contributed by atoms with Gasteiger partial charge in [0, 0.05) is 12.5 Å². The highest BCUT2D eigenvalue weighted by atomic mass is 32.1. The Labute approximate surface area is 113 Å². The third-order valence-electron chi connectivity index (χ3n) is 3.46. The van der Waals surface area contributed by atoms with Crippen LogP contribution in [0.3, 0.4) is 0 Å². The van der Waals surface area contributed by atoms with Gasteiger partial charge < -0.3 is 10.6 Å². The van der Waals surface area contributed by atoms with Gasteiger partial charge in [-0.15, -0.1) is 0 Å². The van der Waals surface area contributed by atoms with Gasteiger partial charge in [0.2, 0.25) is 5.91 Å². The maximum absolute atomic E-state index is 11.9. The Morgan fingerprint density at radius 3 is 3.00 bits per heavy atom. The zero-order valence-electron chi connectivity index (χ0n) is 10.9. The van der Waals surface area contributed by atoms with Crippen molar-refractivity contribution in [3.8, 4) is 0 Å². The SMILES string of the molecule is CC(Cc1ccsc1)NC(=O)CC1CCNCC1. The fourth-order valence-corrected chi connectivity index (χ4v) is 3.18. The molecule has 0 saturated carbocycles. The number of rotatable bonds is 5. The third kappa shape index (κ3) is 4.42. The smallest absolute Gasteiger partial charge is 0.220 e. The van der Waals surface area contributed by atoms with Crippen molar-refractivity contribution in [2.45, 2.75) is 38.6 Å². The van der Waals surface area contributed by atoms with Crippen molar-refractivity contribution in [1.29, 1.82) is 0 Å². The van der Waals surface area contributed by atoms with Crippen LogP contribution in [0.2, 0.25) is 0 Å². The quantitative estimate of drug-likeness (QED) is 0.857. The van der Waals surface area contributed by atoms with E-state index in [0.717, 1.165) is 32.4 Å². The van der Waals surface area contributed by atoms with Crippen LogP contribution in [-0.4, -0.2) is 25.0 Å². The first-order chi connectivity index (χ1) is 8.74. The molecular formula is C14H22N2OS. The van der Waals surface area contributed by atoms with Gasteiger partial charge >= 0.3 is 0 Å². The summed E-state index contributed by atoms with van der Waals surface area (Å²) in [5, 5.41) is 10.7. The Kier molecular flexibility index (Phi) is 5.20. The van der Waals surface area contributed by atoms with Crippen LogP contribution in [0.1, 0.15) is 31.7 Å².